The van der Waals surface area contributed by atoms with Crippen molar-refractivity contribution in [1.82, 2.24) is 15.1 Å². The summed E-state index contributed by atoms with van der Waals surface area (Å²) in [6.45, 7) is 16.9. The van der Waals surface area contributed by atoms with Crippen LogP contribution in [0.3, 0.4) is 0 Å². The number of hydrogen-bond donors (Lipinski definition) is 1. The summed E-state index contributed by atoms with van der Waals surface area (Å²) in [5, 5.41) is 8.33. The van der Waals surface area contributed by atoms with Crippen LogP contribution in [0.25, 0.3) is 0 Å². The molecule has 0 aliphatic heterocycles. The van der Waals surface area contributed by atoms with E-state index >= 15 is 0 Å². The Balaban J connectivity index is 2.59. The molecule has 1 rings (SSSR count). The molecule has 2 atom stereocenters. The minimum Gasteiger partial charge on any atom is -0.314 e. The molecule has 122 valence electrons. The van der Waals surface area contributed by atoms with Gasteiger partial charge in [-0.3, -0.25) is 4.68 Å². The zero-order valence-corrected chi connectivity index (χ0v) is 15.1. The molecule has 0 amide bonds. The molecule has 0 radical (unpaired) electrons. The molecule has 3 nitrogen and oxygen atoms in total. The maximum Gasteiger partial charge on any atom is 0.0640 e. The monoisotopic (exact) mass is 293 g/mol. The summed E-state index contributed by atoms with van der Waals surface area (Å²) in [6, 6.07) is 3.14. The predicted octanol–water partition coefficient (Wildman–Crippen LogP) is 4.45. The van der Waals surface area contributed by atoms with Crippen molar-refractivity contribution in [1.29, 1.82) is 0 Å². The highest BCUT2D eigenvalue weighted by Crippen LogP contribution is 2.27. The van der Waals surface area contributed by atoms with Crippen molar-refractivity contribution in [2.24, 2.45) is 11.3 Å². The van der Waals surface area contributed by atoms with Crippen LogP contribution in [0.2, 0.25) is 0 Å². The van der Waals surface area contributed by atoms with E-state index in [4.69, 9.17) is 5.10 Å². The van der Waals surface area contributed by atoms with Crippen molar-refractivity contribution < 1.29 is 0 Å². The number of aromatic nitrogens is 2. The quantitative estimate of drug-likeness (QED) is 0.767. The van der Waals surface area contributed by atoms with Crippen LogP contribution < -0.4 is 5.32 Å². The van der Waals surface area contributed by atoms with Gasteiger partial charge in [-0.25, -0.2) is 0 Å². The Bertz CT molecular complexity index is 401. The third-order valence-corrected chi connectivity index (χ3v) is 3.79. The van der Waals surface area contributed by atoms with E-state index in [-0.39, 0.29) is 0 Å². The van der Waals surface area contributed by atoms with Gasteiger partial charge in [-0.05, 0) is 50.6 Å². The smallest absolute Gasteiger partial charge is 0.0640 e. The van der Waals surface area contributed by atoms with E-state index in [9.17, 15) is 0 Å². The molecule has 1 N–H and O–H groups in total. The fourth-order valence-electron chi connectivity index (χ4n) is 3.17. The minimum absolute atomic E-state index is 0.412. The van der Waals surface area contributed by atoms with Crippen LogP contribution in [-0.2, 0) is 6.42 Å². The molecule has 2 unspecified atom stereocenters. The number of likely N-dealkylation sites (N-methyl/N-ethyl adjacent to an activating group) is 1. The second-order valence-corrected chi connectivity index (χ2v) is 7.95. The second-order valence-electron chi connectivity index (χ2n) is 7.95. The fourth-order valence-corrected chi connectivity index (χ4v) is 3.17. The predicted molar refractivity (Wildman–Crippen MR) is 91.6 cm³/mol. The van der Waals surface area contributed by atoms with Crippen LogP contribution in [0.5, 0.6) is 0 Å². The lowest BCUT2D eigenvalue weighted by Crippen LogP contribution is -2.33. The molecule has 21 heavy (non-hydrogen) atoms. The van der Waals surface area contributed by atoms with Gasteiger partial charge in [-0.15, -0.1) is 0 Å². The third-order valence-electron chi connectivity index (χ3n) is 3.79. The maximum atomic E-state index is 4.69. The standard InChI is InChI=1S/C18H35N3/c1-8-19-17(11-15(4)13-18(5,6)7)12-16-9-10-21(20-16)14(2)3/h9-10,14-15,17,19H,8,11-13H2,1-7H3. The molecule has 0 fully saturated rings. The Morgan fingerprint density at radius 1 is 1.24 bits per heavy atom. The van der Waals surface area contributed by atoms with Crippen LogP contribution in [0.1, 0.15) is 73.0 Å². The van der Waals surface area contributed by atoms with Crippen molar-refractivity contribution >= 4 is 0 Å². The first kappa shape index (κ1) is 18.2. The third kappa shape index (κ3) is 7.12. The lowest BCUT2D eigenvalue weighted by atomic mass is 9.82. The second kappa shape index (κ2) is 7.98. The maximum absolute atomic E-state index is 4.69. The summed E-state index contributed by atoms with van der Waals surface area (Å²) in [6.07, 6.45) is 5.62. The lowest BCUT2D eigenvalue weighted by molar-refractivity contribution is 0.274. The van der Waals surface area contributed by atoms with E-state index in [0.717, 1.165) is 18.9 Å². The summed E-state index contributed by atoms with van der Waals surface area (Å²) < 4.78 is 2.05. The summed E-state index contributed by atoms with van der Waals surface area (Å²) in [4.78, 5) is 0. The van der Waals surface area contributed by atoms with E-state index in [2.05, 4.69) is 70.7 Å². The SMILES string of the molecule is CCNC(Cc1ccn(C(C)C)n1)CC(C)CC(C)(C)C. The van der Waals surface area contributed by atoms with Crippen LogP contribution in [0.4, 0.5) is 0 Å². The van der Waals surface area contributed by atoms with E-state index in [1.54, 1.807) is 0 Å². The van der Waals surface area contributed by atoms with E-state index in [1.807, 2.05) is 0 Å². The number of rotatable bonds is 8. The molecule has 0 saturated carbocycles. The van der Waals surface area contributed by atoms with Crippen LogP contribution >= 0.6 is 0 Å². The molecular weight excluding hydrogens is 258 g/mol. The van der Waals surface area contributed by atoms with Gasteiger partial charge >= 0.3 is 0 Å². The average molecular weight is 293 g/mol. The number of nitrogens with one attached hydrogen (secondary N) is 1. The highest BCUT2D eigenvalue weighted by molar-refractivity contribution is 5.02. The first-order chi connectivity index (χ1) is 9.71. The van der Waals surface area contributed by atoms with Gasteiger partial charge in [-0.2, -0.15) is 5.10 Å². The summed E-state index contributed by atoms with van der Waals surface area (Å²) in [7, 11) is 0. The topological polar surface area (TPSA) is 29.9 Å². The highest BCUT2D eigenvalue weighted by atomic mass is 15.3. The molecule has 0 aliphatic rings. The molecule has 0 bridgehead atoms. The van der Waals surface area contributed by atoms with Gasteiger partial charge in [0.2, 0.25) is 0 Å². The zero-order valence-electron chi connectivity index (χ0n) is 15.1. The highest BCUT2D eigenvalue weighted by Gasteiger charge is 2.19. The average Bonchev–Trinajstić information content (AvgIpc) is 2.75. The molecule has 1 aromatic rings. The van der Waals surface area contributed by atoms with E-state index in [0.29, 0.717) is 17.5 Å². The minimum atomic E-state index is 0.412. The van der Waals surface area contributed by atoms with E-state index in [1.165, 1.54) is 18.5 Å². The largest absolute Gasteiger partial charge is 0.314 e. The Kier molecular flexibility index (Phi) is 6.92. The van der Waals surface area contributed by atoms with Gasteiger partial charge in [0.25, 0.3) is 0 Å². The van der Waals surface area contributed by atoms with Crippen molar-refractivity contribution in [2.75, 3.05) is 6.54 Å². The molecule has 0 aliphatic carbocycles. The molecule has 3 heteroatoms. The van der Waals surface area contributed by atoms with Crippen molar-refractivity contribution in [3.05, 3.63) is 18.0 Å². The number of nitrogens with zero attached hydrogens (tertiary/aromatic N) is 2. The molecule has 1 heterocycles. The number of hydrogen-bond acceptors (Lipinski definition) is 2. The first-order valence-corrected chi connectivity index (χ1v) is 8.48. The summed E-state index contributed by atoms with van der Waals surface area (Å²) >= 11 is 0. The normalized spacial score (nSPS) is 15.4. The van der Waals surface area contributed by atoms with E-state index < -0.39 is 0 Å². The van der Waals surface area contributed by atoms with Crippen molar-refractivity contribution in [3.63, 3.8) is 0 Å². The summed E-state index contributed by atoms with van der Waals surface area (Å²) in [5.74, 6) is 0.737. The zero-order chi connectivity index (χ0) is 16.0. The van der Waals surface area contributed by atoms with Crippen molar-refractivity contribution in [2.45, 2.75) is 79.8 Å². The van der Waals surface area contributed by atoms with Gasteiger partial charge in [0, 0.05) is 24.7 Å². The molecule has 0 spiro atoms. The molecular formula is C18H35N3. The van der Waals surface area contributed by atoms with Gasteiger partial charge in [0.1, 0.15) is 0 Å². The fraction of sp³-hybridized carbons (Fsp3) is 0.833. The van der Waals surface area contributed by atoms with Crippen LogP contribution in [0.15, 0.2) is 12.3 Å². The molecule has 0 saturated heterocycles. The Labute approximate surface area is 131 Å². The Morgan fingerprint density at radius 2 is 1.90 bits per heavy atom. The first-order valence-electron chi connectivity index (χ1n) is 8.48. The lowest BCUT2D eigenvalue weighted by Gasteiger charge is -2.27. The van der Waals surface area contributed by atoms with Gasteiger partial charge in [0.15, 0.2) is 0 Å². The molecule has 0 aromatic carbocycles. The Hall–Kier alpha value is -0.830. The molecule has 1 aromatic heterocycles. The van der Waals surface area contributed by atoms with Gasteiger partial charge < -0.3 is 5.32 Å². The van der Waals surface area contributed by atoms with Gasteiger partial charge in [-0.1, -0.05) is 34.6 Å². The van der Waals surface area contributed by atoms with Crippen LogP contribution in [-0.4, -0.2) is 22.4 Å². The van der Waals surface area contributed by atoms with Crippen LogP contribution in [0, 0.1) is 11.3 Å². The Morgan fingerprint density at radius 3 is 2.38 bits per heavy atom. The van der Waals surface area contributed by atoms with Crippen molar-refractivity contribution in [3.8, 4) is 0 Å². The summed E-state index contributed by atoms with van der Waals surface area (Å²) in [5.41, 5.74) is 1.62. The van der Waals surface area contributed by atoms with Gasteiger partial charge in [0.05, 0.1) is 5.69 Å².